The largest absolute Gasteiger partial charge is 0.379 e. The van der Waals surface area contributed by atoms with Gasteiger partial charge < -0.3 is 20.7 Å². The van der Waals surface area contributed by atoms with E-state index in [4.69, 9.17) is 27.9 Å². The van der Waals surface area contributed by atoms with Crippen molar-refractivity contribution in [1.82, 2.24) is 20.9 Å². The topological polar surface area (TPSA) is 99.8 Å². The van der Waals surface area contributed by atoms with Crippen LogP contribution in [0.4, 0.5) is 0 Å². The summed E-state index contributed by atoms with van der Waals surface area (Å²) in [6.07, 6.45) is 6.79. The minimum Gasteiger partial charge on any atom is -0.379 e. The highest BCUT2D eigenvalue weighted by molar-refractivity contribution is 6.42. The summed E-state index contributed by atoms with van der Waals surface area (Å²) in [4.78, 5) is 42.3. The van der Waals surface area contributed by atoms with Crippen molar-refractivity contribution >= 4 is 47.0 Å². The maximum Gasteiger partial charge on any atom is 0.246 e. The first kappa shape index (κ1) is 31.0. The lowest BCUT2D eigenvalue weighted by Gasteiger charge is -2.31. The third-order valence-corrected chi connectivity index (χ3v) is 8.32. The van der Waals surface area contributed by atoms with Crippen molar-refractivity contribution in [3.8, 4) is 0 Å². The summed E-state index contributed by atoms with van der Waals surface area (Å²) in [5, 5.41) is 9.76. The van der Waals surface area contributed by atoms with Crippen LogP contribution in [0.3, 0.4) is 0 Å². The Balaban J connectivity index is 1.39. The molecule has 3 N–H and O–H groups in total. The lowest BCUT2D eigenvalue weighted by atomic mass is 9.94. The zero-order valence-electron chi connectivity index (χ0n) is 23.2. The van der Waals surface area contributed by atoms with Gasteiger partial charge in [-0.2, -0.15) is 0 Å². The zero-order chi connectivity index (χ0) is 29.1. The van der Waals surface area contributed by atoms with Gasteiger partial charge in [-0.25, -0.2) is 0 Å². The molecule has 1 aliphatic carbocycles. The van der Waals surface area contributed by atoms with E-state index in [9.17, 15) is 14.4 Å². The molecular formula is C31H38Cl2N4O4. The van der Waals surface area contributed by atoms with Crippen LogP contribution in [-0.4, -0.2) is 73.6 Å². The summed E-state index contributed by atoms with van der Waals surface area (Å²) in [6, 6.07) is 13.9. The summed E-state index contributed by atoms with van der Waals surface area (Å²) in [6.45, 7) is 4.67. The van der Waals surface area contributed by atoms with E-state index in [1.807, 2.05) is 30.3 Å². The van der Waals surface area contributed by atoms with Crippen LogP contribution in [0.25, 0.3) is 6.08 Å². The number of halogens is 2. The molecule has 10 heteroatoms. The van der Waals surface area contributed by atoms with Crippen molar-refractivity contribution < 1.29 is 19.1 Å². The maximum atomic E-state index is 13.7. The van der Waals surface area contributed by atoms with E-state index >= 15 is 0 Å². The Morgan fingerprint density at radius 3 is 2.44 bits per heavy atom. The maximum absolute atomic E-state index is 13.7. The molecule has 1 saturated heterocycles. The standard InChI is InChI=1S/C31H38Cl2N4O4/c32-25-11-9-24(21-26(25)33)10-12-28(38)36-31(13-4-5-14-31)30(40)35-27(22-23-7-2-1-3-8-23)29(39)34-15-6-16-37-17-19-41-20-18-37/h1-3,7-12,21,27H,4-6,13-20,22H2,(H,34,39)(H,35,40)(H,36,38)/b12-10+/t27-/m1/s1. The molecule has 1 saturated carbocycles. The number of nitrogens with one attached hydrogen (secondary N) is 3. The second kappa shape index (κ2) is 15.4. The van der Waals surface area contributed by atoms with Crippen LogP contribution in [0.2, 0.25) is 10.0 Å². The Labute approximate surface area is 251 Å². The molecule has 2 aromatic rings. The molecule has 220 valence electrons. The second-order valence-electron chi connectivity index (χ2n) is 10.6. The van der Waals surface area contributed by atoms with Gasteiger partial charge in [0.15, 0.2) is 0 Å². The molecule has 8 nitrogen and oxygen atoms in total. The van der Waals surface area contributed by atoms with Crippen molar-refractivity contribution in [2.45, 2.75) is 50.1 Å². The number of ether oxygens (including phenoxy) is 1. The van der Waals surface area contributed by atoms with Crippen molar-refractivity contribution in [3.05, 3.63) is 75.8 Å². The van der Waals surface area contributed by atoms with Gasteiger partial charge in [0.25, 0.3) is 0 Å². The molecule has 0 aromatic heterocycles. The minimum absolute atomic E-state index is 0.233. The molecule has 3 amide bonds. The number of benzene rings is 2. The molecule has 2 aliphatic rings. The Morgan fingerprint density at radius 1 is 1.00 bits per heavy atom. The minimum atomic E-state index is -1.08. The number of amides is 3. The van der Waals surface area contributed by atoms with E-state index in [2.05, 4.69) is 20.9 Å². The number of morpholine rings is 1. The zero-order valence-corrected chi connectivity index (χ0v) is 24.7. The number of nitrogens with zero attached hydrogens (tertiary/aromatic N) is 1. The van der Waals surface area contributed by atoms with Gasteiger partial charge in [-0.05, 0) is 55.1 Å². The first-order valence-corrected chi connectivity index (χ1v) is 15.0. The van der Waals surface area contributed by atoms with Gasteiger partial charge in [-0.3, -0.25) is 19.3 Å². The molecule has 2 aromatic carbocycles. The predicted octanol–water partition coefficient (Wildman–Crippen LogP) is 4.00. The molecule has 41 heavy (non-hydrogen) atoms. The van der Waals surface area contributed by atoms with Gasteiger partial charge in [-0.15, -0.1) is 0 Å². The van der Waals surface area contributed by atoms with Crippen LogP contribution >= 0.6 is 23.2 Å². The molecule has 1 heterocycles. The van der Waals surface area contributed by atoms with Gasteiger partial charge >= 0.3 is 0 Å². The van der Waals surface area contributed by atoms with Crippen molar-refractivity contribution in [1.29, 1.82) is 0 Å². The smallest absolute Gasteiger partial charge is 0.246 e. The fourth-order valence-corrected chi connectivity index (χ4v) is 5.58. The van der Waals surface area contributed by atoms with E-state index in [1.165, 1.54) is 6.08 Å². The van der Waals surface area contributed by atoms with Crippen LogP contribution < -0.4 is 16.0 Å². The third kappa shape index (κ3) is 9.30. The highest BCUT2D eigenvalue weighted by atomic mass is 35.5. The Bertz CT molecular complexity index is 1210. The van der Waals surface area contributed by atoms with Crippen LogP contribution in [0, 0.1) is 0 Å². The van der Waals surface area contributed by atoms with Crippen LogP contribution in [0.5, 0.6) is 0 Å². The highest BCUT2D eigenvalue weighted by Gasteiger charge is 2.43. The lowest BCUT2D eigenvalue weighted by Crippen LogP contribution is -2.61. The SMILES string of the molecule is O=C(/C=C/c1ccc(Cl)c(Cl)c1)NC1(C(=O)N[C@H](Cc2ccccc2)C(=O)NCCCN2CCOCC2)CCCC1. The molecule has 0 unspecified atom stereocenters. The Morgan fingerprint density at radius 2 is 1.73 bits per heavy atom. The van der Waals surface area contributed by atoms with Gasteiger partial charge in [0.05, 0.1) is 23.3 Å². The van der Waals surface area contributed by atoms with Crippen LogP contribution in [0.15, 0.2) is 54.6 Å². The number of rotatable bonds is 12. The Kier molecular flexibility index (Phi) is 11.6. The lowest BCUT2D eigenvalue weighted by molar-refractivity contribution is -0.135. The first-order chi connectivity index (χ1) is 19.8. The van der Waals surface area contributed by atoms with Gasteiger partial charge in [0.1, 0.15) is 11.6 Å². The normalized spacial score (nSPS) is 17.7. The molecular weight excluding hydrogens is 563 g/mol. The first-order valence-electron chi connectivity index (χ1n) is 14.2. The van der Waals surface area contributed by atoms with E-state index in [0.717, 1.165) is 57.7 Å². The number of carbonyl (C=O) groups excluding carboxylic acids is 3. The molecule has 4 rings (SSSR count). The summed E-state index contributed by atoms with van der Waals surface area (Å²) in [7, 11) is 0. The van der Waals surface area contributed by atoms with E-state index in [1.54, 1.807) is 24.3 Å². The highest BCUT2D eigenvalue weighted by Crippen LogP contribution is 2.30. The average Bonchev–Trinajstić information content (AvgIpc) is 3.46. The number of hydrogen-bond acceptors (Lipinski definition) is 5. The van der Waals surface area contributed by atoms with Crippen molar-refractivity contribution in [3.63, 3.8) is 0 Å². The molecule has 0 radical (unpaired) electrons. The number of hydrogen-bond donors (Lipinski definition) is 3. The van der Waals surface area contributed by atoms with E-state index in [0.29, 0.717) is 41.4 Å². The molecule has 2 fully saturated rings. The average molecular weight is 602 g/mol. The predicted molar refractivity (Wildman–Crippen MR) is 162 cm³/mol. The molecule has 1 aliphatic heterocycles. The summed E-state index contributed by atoms with van der Waals surface area (Å²) in [5.74, 6) is -0.959. The third-order valence-electron chi connectivity index (χ3n) is 7.58. The molecule has 0 spiro atoms. The van der Waals surface area contributed by atoms with E-state index in [-0.39, 0.29) is 17.7 Å². The monoisotopic (exact) mass is 600 g/mol. The quantitative estimate of drug-likeness (QED) is 0.252. The Hall–Kier alpha value is -2.91. The van der Waals surface area contributed by atoms with Crippen molar-refractivity contribution in [2.24, 2.45) is 0 Å². The van der Waals surface area contributed by atoms with Crippen LogP contribution in [-0.2, 0) is 25.5 Å². The fourth-order valence-electron chi connectivity index (χ4n) is 5.27. The molecule has 0 bridgehead atoms. The van der Waals surface area contributed by atoms with Gasteiger partial charge in [0.2, 0.25) is 17.7 Å². The van der Waals surface area contributed by atoms with E-state index < -0.39 is 11.6 Å². The van der Waals surface area contributed by atoms with Gasteiger partial charge in [0, 0.05) is 32.1 Å². The fraction of sp³-hybridized carbons (Fsp3) is 0.452. The van der Waals surface area contributed by atoms with Crippen LogP contribution in [0.1, 0.15) is 43.2 Å². The molecule has 1 atom stereocenters. The summed E-state index contributed by atoms with van der Waals surface area (Å²) >= 11 is 12.1. The van der Waals surface area contributed by atoms with Gasteiger partial charge in [-0.1, -0.05) is 72.4 Å². The number of carbonyl (C=O) groups is 3. The summed E-state index contributed by atoms with van der Waals surface area (Å²) in [5.41, 5.74) is 0.577. The second-order valence-corrected chi connectivity index (χ2v) is 11.4. The van der Waals surface area contributed by atoms with Crippen molar-refractivity contribution in [2.75, 3.05) is 39.4 Å². The summed E-state index contributed by atoms with van der Waals surface area (Å²) < 4.78 is 5.39.